The maximum atomic E-state index is 12.5. The van der Waals surface area contributed by atoms with Gasteiger partial charge in [0.2, 0.25) is 5.91 Å². The summed E-state index contributed by atoms with van der Waals surface area (Å²) in [5.41, 5.74) is 7.90. The lowest BCUT2D eigenvalue weighted by Crippen LogP contribution is -2.18. The fourth-order valence-electron chi connectivity index (χ4n) is 3.11. The summed E-state index contributed by atoms with van der Waals surface area (Å²) in [6, 6.07) is 14.3. The monoisotopic (exact) mass is 412 g/mol. The molecular weight excluding hydrogens is 388 g/mol. The Labute approximate surface area is 170 Å². The molecule has 152 valence electrons. The Kier molecular flexibility index (Phi) is 6.33. The highest BCUT2D eigenvalue weighted by atomic mass is 32.2. The number of nitrogens with one attached hydrogen (secondary N) is 1. The average Bonchev–Trinajstić information content (AvgIpc) is 3.04. The zero-order chi connectivity index (χ0) is 20.9. The number of nitrogens with two attached hydrogens (primary N) is 1. The van der Waals surface area contributed by atoms with Crippen LogP contribution in [0.15, 0.2) is 64.7 Å². The van der Waals surface area contributed by atoms with Gasteiger partial charge in [0.05, 0.1) is 11.1 Å². The summed E-state index contributed by atoms with van der Waals surface area (Å²) in [6.07, 6.45) is 6.23. The number of aryl methyl sites for hydroxylation is 1. The third kappa shape index (κ3) is 5.03. The fourth-order valence-corrected chi connectivity index (χ4v) is 3.90. The highest BCUT2D eigenvalue weighted by Gasteiger charge is 2.13. The molecule has 7 nitrogen and oxygen atoms in total. The van der Waals surface area contributed by atoms with Crippen LogP contribution in [0.2, 0.25) is 0 Å². The summed E-state index contributed by atoms with van der Waals surface area (Å²) in [5.74, 6) is -0.461. The average molecular weight is 413 g/mol. The smallest absolute Gasteiger partial charge is 0.276 e. The van der Waals surface area contributed by atoms with Crippen LogP contribution >= 0.6 is 0 Å². The fraction of sp³-hybridized carbons (Fsp3) is 0.238. The molecular formula is C21H24N4O3S. The number of hydrazone groups is 1. The molecule has 1 amide bonds. The molecule has 0 saturated heterocycles. The standard InChI is InChI=1S/C21H24N4O3S/c1-2-3-6-16-9-11-18(12-10-16)29(27,28)24-23-13-17-14-25(15-21(22)26)20-8-5-4-7-19(17)20/h4-5,7-14,24H,2-3,6,15H2,1H3,(H2,22,26). The van der Waals surface area contributed by atoms with Crippen molar-refractivity contribution in [3.63, 3.8) is 0 Å². The Bertz CT molecular complexity index is 1130. The van der Waals surface area contributed by atoms with Crippen molar-refractivity contribution in [3.05, 3.63) is 65.9 Å². The van der Waals surface area contributed by atoms with E-state index in [1.54, 1.807) is 22.9 Å². The Morgan fingerprint density at radius 3 is 2.59 bits per heavy atom. The molecule has 0 aliphatic rings. The minimum Gasteiger partial charge on any atom is -0.368 e. The number of para-hydroxylation sites is 1. The van der Waals surface area contributed by atoms with Gasteiger partial charge in [0, 0.05) is 22.7 Å². The van der Waals surface area contributed by atoms with Crippen molar-refractivity contribution in [2.45, 2.75) is 37.6 Å². The van der Waals surface area contributed by atoms with Gasteiger partial charge < -0.3 is 10.3 Å². The number of sulfonamides is 1. The van der Waals surface area contributed by atoms with E-state index in [9.17, 15) is 13.2 Å². The van der Waals surface area contributed by atoms with E-state index in [0.29, 0.717) is 5.56 Å². The number of hydrogen-bond donors (Lipinski definition) is 2. The maximum absolute atomic E-state index is 12.5. The Balaban J connectivity index is 1.77. The van der Waals surface area contributed by atoms with Crippen molar-refractivity contribution >= 4 is 33.0 Å². The quantitative estimate of drug-likeness (QED) is 0.417. The van der Waals surface area contributed by atoms with E-state index in [4.69, 9.17) is 5.73 Å². The van der Waals surface area contributed by atoms with Gasteiger partial charge in [-0.15, -0.1) is 0 Å². The number of rotatable bonds is 9. The summed E-state index contributed by atoms with van der Waals surface area (Å²) in [4.78, 5) is 13.7. The first-order valence-corrected chi connectivity index (χ1v) is 10.9. The van der Waals surface area contributed by atoms with Crippen molar-refractivity contribution in [1.29, 1.82) is 0 Å². The molecule has 0 spiro atoms. The molecule has 0 bridgehead atoms. The molecule has 0 aliphatic carbocycles. The first-order chi connectivity index (χ1) is 13.9. The van der Waals surface area contributed by atoms with Gasteiger partial charge in [-0.25, -0.2) is 4.83 Å². The summed E-state index contributed by atoms with van der Waals surface area (Å²) >= 11 is 0. The first kappa shape index (κ1) is 20.6. The van der Waals surface area contributed by atoms with E-state index in [2.05, 4.69) is 16.9 Å². The summed E-state index contributed by atoms with van der Waals surface area (Å²) in [5, 5.41) is 4.76. The van der Waals surface area contributed by atoms with Crippen molar-refractivity contribution in [2.75, 3.05) is 0 Å². The van der Waals surface area contributed by atoms with Gasteiger partial charge in [0.1, 0.15) is 6.54 Å². The largest absolute Gasteiger partial charge is 0.368 e. The van der Waals surface area contributed by atoms with E-state index >= 15 is 0 Å². The van der Waals surface area contributed by atoms with Gasteiger partial charge in [0.25, 0.3) is 10.0 Å². The van der Waals surface area contributed by atoms with E-state index in [-0.39, 0.29) is 11.4 Å². The van der Waals surface area contributed by atoms with E-state index in [0.717, 1.165) is 35.7 Å². The molecule has 0 saturated carbocycles. The molecule has 29 heavy (non-hydrogen) atoms. The van der Waals surface area contributed by atoms with Gasteiger partial charge in [-0.3, -0.25) is 4.79 Å². The van der Waals surface area contributed by atoms with Crippen LogP contribution in [0.3, 0.4) is 0 Å². The third-order valence-electron chi connectivity index (χ3n) is 4.57. The van der Waals surface area contributed by atoms with E-state index in [1.165, 1.54) is 6.21 Å². The second kappa shape index (κ2) is 8.91. The molecule has 1 aromatic heterocycles. The van der Waals surface area contributed by atoms with Crippen molar-refractivity contribution in [2.24, 2.45) is 10.8 Å². The molecule has 8 heteroatoms. The van der Waals surface area contributed by atoms with Gasteiger partial charge in [-0.2, -0.15) is 13.5 Å². The van der Waals surface area contributed by atoms with Crippen LogP contribution in [-0.4, -0.2) is 25.1 Å². The first-order valence-electron chi connectivity index (χ1n) is 9.40. The topological polar surface area (TPSA) is 107 Å². The zero-order valence-electron chi connectivity index (χ0n) is 16.2. The maximum Gasteiger partial charge on any atom is 0.276 e. The minimum absolute atomic E-state index is 0.0322. The Morgan fingerprint density at radius 1 is 1.17 bits per heavy atom. The predicted molar refractivity (Wildman–Crippen MR) is 114 cm³/mol. The molecule has 0 unspecified atom stereocenters. The molecule has 3 aromatic rings. The normalized spacial score (nSPS) is 11.9. The third-order valence-corrected chi connectivity index (χ3v) is 5.81. The number of amides is 1. The minimum atomic E-state index is -3.76. The van der Waals surface area contributed by atoms with Gasteiger partial charge >= 0.3 is 0 Å². The van der Waals surface area contributed by atoms with Crippen LogP contribution in [0.1, 0.15) is 30.9 Å². The SMILES string of the molecule is CCCCc1ccc(S(=O)(=O)NN=Cc2cn(CC(N)=O)c3ccccc23)cc1. The number of carbonyl (C=O) groups is 1. The van der Waals surface area contributed by atoms with Crippen LogP contribution < -0.4 is 10.6 Å². The number of primary amides is 1. The molecule has 1 heterocycles. The number of fused-ring (bicyclic) bond motifs is 1. The molecule has 0 atom stereocenters. The second-order valence-electron chi connectivity index (χ2n) is 6.80. The number of hydrogen-bond acceptors (Lipinski definition) is 4. The highest BCUT2D eigenvalue weighted by molar-refractivity contribution is 7.89. The molecule has 2 aromatic carbocycles. The zero-order valence-corrected chi connectivity index (χ0v) is 17.0. The highest BCUT2D eigenvalue weighted by Crippen LogP contribution is 2.20. The molecule has 3 rings (SSSR count). The van der Waals surface area contributed by atoms with Crippen molar-refractivity contribution < 1.29 is 13.2 Å². The number of nitrogens with zero attached hydrogens (tertiary/aromatic N) is 2. The van der Waals surface area contributed by atoms with Gasteiger partial charge in [0.15, 0.2) is 0 Å². The number of aromatic nitrogens is 1. The number of unbranched alkanes of at least 4 members (excludes halogenated alkanes) is 1. The van der Waals surface area contributed by atoms with Gasteiger partial charge in [-0.1, -0.05) is 43.7 Å². The van der Waals surface area contributed by atoms with Crippen LogP contribution in [0.5, 0.6) is 0 Å². The lowest BCUT2D eigenvalue weighted by molar-refractivity contribution is -0.118. The van der Waals surface area contributed by atoms with Crippen LogP contribution in [-0.2, 0) is 27.8 Å². The Hall–Kier alpha value is -3.13. The lowest BCUT2D eigenvalue weighted by atomic mass is 10.1. The van der Waals surface area contributed by atoms with E-state index < -0.39 is 15.9 Å². The summed E-state index contributed by atoms with van der Waals surface area (Å²) in [7, 11) is -3.76. The van der Waals surface area contributed by atoms with Crippen molar-refractivity contribution in [3.8, 4) is 0 Å². The second-order valence-corrected chi connectivity index (χ2v) is 8.46. The van der Waals surface area contributed by atoms with Crippen molar-refractivity contribution in [1.82, 2.24) is 9.40 Å². The Morgan fingerprint density at radius 2 is 1.90 bits per heavy atom. The van der Waals surface area contributed by atoms with Crippen LogP contribution in [0.4, 0.5) is 0 Å². The molecule has 0 radical (unpaired) electrons. The summed E-state index contributed by atoms with van der Waals surface area (Å²) in [6.45, 7) is 2.15. The predicted octanol–water partition coefficient (Wildman–Crippen LogP) is 2.78. The summed E-state index contributed by atoms with van der Waals surface area (Å²) < 4.78 is 26.7. The lowest BCUT2D eigenvalue weighted by Gasteiger charge is -2.05. The van der Waals surface area contributed by atoms with E-state index in [1.807, 2.05) is 36.4 Å². The number of carbonyl (C=O) groups excluding carboxylic acids is 1. The molecule has 0 aliphatic heterocycles. The molecule has 0 fully saturated rings. The van der Waals surface area contributed by atoms with Crippen LogP contribution in [0, 0.1) is 0 Å². The van der Waals surface area contributed by atoms with Gasteiger partial charge in [-0.05, 0) is 36.6 Å². The molecule has 3 N–H and O–H groups in total. The number of benzene rings is 2. The van der Waals surface area contributed by atoms with Crippen LogP contribution in [0.25, 0.3) is 10.9 Å².